The van der Waals surface area contributed by atoms with Gasteiger partial charge in [-0.1, -0.05) is 42.4 Å². The fourth-order valence-electron chi connectivity index (χ4n) is 3.86. The molecule has 1 aliphatic rings. The van der Waals surface area contributed by atoms with Gasteiger partial charge in [0.1, 0.15) is 48.8 Å². The number of ether oxygens (including phenoxy) is 3. The number of aliphatic hydroxyl groups excluding tert-OH is 3. The first-order valence-electron chi connectivity index (χ1n) is 10.8. The Bertz CT molecular complexity index is 1210. The number of imidazole rings is 1. The average Bonchev–Trinajstić information content (AvgIpc) is 3.35. The molecule has 5 atom stereocenters. The Morgan fingerprint density at radius 2 is 1.91 bits per heavy atom. The maximum absolute atomic E-state index is 12.0. The molecule has 3 aromatic rings. The Kier molecular flexibility index (Phi) is 7.54. The van der Waals surface area contributed by atoms with Crippen molar-refractivity contribution in [2.24, 2.45) is 0 Å². The summed E-state index contributed by atoms with van der Waals surface area (Å²) in [7, 11) is 1.14. The van der Waals surface area contributed by atoms with Gasteiger partial charge in [-0.2, -0.15) is 0 Å². The standard InChI is InChI=1S/C25H26ClN2O7/c1-15(18-8-3-4-9-19(18)34-13-16-6-5-7-17(26)12-16)27-10-11-28(14-27)24-22(31)20(29)21(30)23(35-24)25(32)33-2/h3-12,14,20-24,29-31H,1,13H2,2H3/q+1/t20-,21-,22+,23-,24+/m0/s1. The van der Waals surface area contributed by atoms with Crippen molar-refractivity contribution in [2.75, 3.05) is 7.11 Å². The number of benzene rings is 2. The molecule has 10 heteroatoms. The number of methoxy groups -OCH3 is 1. The molecule has 0 spiro atoms. The predicted molar refractivity (Wildman–Crippen MR) is 125 cm³/mol. The van der Waals surface area contributed by atoms with Crippen molar-refractivity contribution in [3.8, 4) is 5.75 Å². The zero-order valence-electron chi connectivity index (χ0n) is 18.9. The van der Waals surface area contributed by atoms with Crippen molar-refractivity contribution < 1.29 is 38.9 Å². The lowest BCUT2D eigenvalue weighted by atomic mass is 9.98. The fourth-order valence-corrected chi connectivity index (χ4v) is 4.07. The topological polar surface area (TPSA) is 114 Å². The van der Waals surface area contributed by atoms with E-state index in [1.54, 1.807) is 29.4 Å². The lowest BCUT2D eigenvalue weighted by Crippen LogP contribution is -2.63. The highest BCUT2D eigenvalue weighted by atomic mass is 35.5. The van der Waals surface area contributed by atoms with Gasteiger partial charge in [-0.15, -0.1) is 0 Å². The van der Waals surface area contributed by atoms with Crippen LogP contribution in [0, 0.1) is 0 Å². The number of nitrogens with zero attached hydrogens (tertiary/aromatic N) is 2. The van der Waals surface area contributed by atoms with Crippen LogP contribution in [-0.2, 0) is 20.9 Å². The number of aliphatic hydroxyl groups is 3. The smallest absolute Gasteiger partial charge is 0.338 e. The number of para-hydroxylation sites is 1. The van der Waals surface area contributed by atoms with E-state index in [9.17, 15) is 20.1 Å². The van der Waals surface area contributed by atoms with E-state index in [4.69, 9.17) is 21.1 Å². The fraction of sp³-hybridized carbons (Fsp3) is 0.280. The summed E-state index contributed by atoms with van der Waals surface area (Å²) in [5.74, 6) is -0.250. The quantitative estimate of drug-likeness (QED) is 0.333. The van der Waals surface area contributed by atoms with E-state index in [1.807, 2.05) is 42.5 Å². The van der Waals surface area contributed by atoms with Crippen LogP contribution in [0.3, 0.4) is 0 Å². The molecule has 0 unspecified atom stereocenters. The summed E-state index contributed by atoms with van der Waals surface area (Å²) in [6.45, 7) is 4.48. The number of aromatic nitrogens is 2. The van der Waals surface area contributed by atoms with Crippen LogP contribution in [0.1, 0.15) is 17.4 Å². The number of rotatable bonds is 7. The summed E-state index contributed by atoms with van der Waals surface area (Å²) < 4.78 is 19.4. The summed E-state index contributed by atoms with van der Waals surface area (Å²) in [5, 5.41) is 31.4. The van der Waals surface area contributed by atoms with Crippen LogP contribution in [0.15, 0.2) is 73.8 Å². The molecule has 0 radical (unpaired) electrons. The van der Waals surface area contributed by atoms with Crippen LogP contribution < -0.4 is 9.30 Å². The third-order valence-corrected chi connectivity index (χ3v) is 6.00. The van der Waals surface area contributed by atoms with Crippen molar-refractivity contribution in [2.45, 2.75) is 37.3 Å². The molecule has 1 fully saturated rings. The maximum atomic E-state index is 12.0. The van der Waals surface area contributed by atoms with Crippen LogP contribution in [-0.4, -0.2) is 57.4 Å². The van der Waals surface area contributed by atoms with Gasteiger partial charge in [0.15, 0.2) is 6.10 Å². The SMILES string of the molecule is C=C(c1ccccc1OCc1cccc(Cl)c1)n1cc[n+]([C@@H]2O[C@H](C(=O)OC)[C@@H](O)[C@H](O)[C@H]2O)c1. The molecule has 3 N–H and O–H groups in total. The largest absolute Gasteiger partial charge is 0.488 e. The van der Waals surface area contributed by atoms with E-state index in [0.29, 0.717) is 23.1 Å². The highest BCUT2D eigenvalue weighted by Crippen LogP contribution is 2.28. The summed E-state index contributed by atoms with van der Waals surface area (Å²) in [6.07, 6.45) is -2.49. The van der Waals surface area contributed by atoms with Crippen molar-refractivity contribution >= 4 is 23.3 Å². The first kappa shape index (κ1) is 24.9. The van der Waals surface area contributed by atoms with E-state index in [2.05, 4.69) is 11.3 Å². The van der Waals surface area contributed by atoms with Gasteiger partial charge in [-0.05, 0) is 29.8 Å². The molecule has 0 amide bonds. The minimum atomic E-state index is -1.63. The van der Waals surface area contributed by atoms with E-state index in [0.717, 1.165) is 18.2 Å². The highest BCUT2D eigenvalue weighted by molar-refractivity contribution is 6.30. The molecule has 0 saturated carbocycles. The summed E-state index contributed by atoms with van der Waals surface area (Å²) in [5.41, 5.74) is 2.21. The molecule has 2 heterocycles. The van der Waals surface area contributed by atoms with E-state index in [1.165, 1.54) is 4.57 Å². The Hall–Kier alpha value is -3.21. The van der Waals surface area contributed by atoms with Gasteiger partial charge in [0.2, 0.25) is 6.23 Å². The highest BCUT2D eigenvalue weighted by Gasteiger charge is 2.50. The van der Waals surface area contributed by atoms with Crippen molar-refractivity contribution in [1.29, 1.82) is 0 Å². The Morgan fingerprint density at radius 3 is 2.66 bits per heavy atom. The number of carbonyl (C=O) groups excluding carboxylic acids is 1. The van der Waals surface area contributed by atoms with E-state index in [-0.39, 0.29) is 0 Å². The summed E-state index contributed by atoms with van der Waals surface area (Å²) in [6, 6.07) is 14.8. The Morgan fingerprint density at radius 1 is 1.14 bits per heavy atom. The Balaban J connectivity index is 1.54. The normalized spacial score (nSPS) is 24.1. The van der Waals surface area contributed by atoms with Crippen molar-refractivity contribution in [3.63, 3.8) is 0 Å². The first-order chi connectivity index (χ1) is 16.8. The first-order valence-corrected chi connectivity index (χ1v) is 11.2. The second kappa shape index (κ2) is 10.6. The molecular weight excluding hydrogens is 476 g/mol. The molecule has 1 aromatic heterocycles. The van der Waals surface area contributed by atoms with Gasteiger partial charge in [-0.25, -0.2) is 13.9 Å². The maximum Gasteiger partial charge on any atom is 0.338 e. The number of hydrogen-bond donors (Lipinski definition) is 3. The van der Waals surface area contributed by atoms with Crippen LogP contribution >= 0.6 is 11.6 Å². The van der Waals surface area contributed by atoms with Crippen molar-refractivity contribution in [1.82, 2.24) is 4.57 Å². The molecule has 9 nitrogen and oxygen atoms in total. The van der Waals surface area contributed by atoms with E-state index < -0.39 is 36.6 Å². The minimum absolute atomic E-state index is 0.313. The number of halogens is 1. The molecule has 0 bridgehead atoms. The van der Waals surface area contributed by atoms with Crippen LogP contribution in [0.5, 0.6) is 5.75 Å². The molecule has 4 rings (SSSR count). The predicted octanol–water partition coefficient (Wildman–Crippen LogP) is 1.68. The number of esters is 1. The third-order valence-electron chi connectivity index (χ3n) is 5.77. The molecule has 184 valence electrons. The van der Waals surface area contributed by atoms with Crippen LogP contribution in [0.2, 0.25) is 5.02 Å². The third kappa shape index (κ3) is 5.24. The van der Waals surface area contributed by atoms with Gasteiger partial charge in [-0.3, -0.25) is 0 Å². The van der Waals surface area contributed by atoms with Crippen molar-refractivity contribution in [3.05, 3.63) is 90.0 Å². The van der Waals surface area contributed by atoms with Gasteiger partial charge in [0.25, 0.3) is 6.33 Å². The molecule has 1 aliphatic heterocycles. The zero-order chi connectivity index (χ0) is 25.1. The second-order valence-corrected chi connectivity index (χ2v) is 8.51. The molecule has 2 aromatic carbocycles. The average molecular weight is 502 g/mol. The lowest BCUT2D eigenvalue weighted by molar-refractivity contribution is -0.776. The van der Waals surface area contributed by atoms with E-state index >= 15 is 0 Å². The van der Waals surface area contributed by atoms with Gasteiger partial charge >= 0.3 is 5.97 Å². The van der Waals surface area contributed by atoms with Crippen LogP contribution in [0.25, 0.3) is 5.70 Å². The van der Waals surface area contributed by atoms with Gasteiger partial charge < -0.3 is 29.5 Å². The molecular formula is C25H26ClN2O7+. The lowest BCUT2D eigenvalue weighted by Gasteiger charge is -2.37. The molecule has 1 saturated heterocycles. The van der Waals surface area contributed by atoms with Crippen LogP contribution in [0.4, 0.5) is 0 Å². The Labute approximate surface area is 207 Å². The van der Waals surface area contributed by atoms with Gasteiger partial charge in [0, 0.05) is 5.02 Å². The van der Waals surface area contributed by atoms with Gasteiger partial charge in [0.05, 0.1) is 12.7 Å². The summed E-state index contributed by atoms with van der Waals surface area (Å²) >= 11 is 6.06. The molecule has 35 heavy (non-hydrogen) atoms. The number of carbonyl (C=O) groups is 1. The molecule has 0 aliphatic carbocycles. The minimum Gasteiger partial charge on any atom is -0.488 e. The zero-order valence-corrected chi connectivity index (χ0v) is 19.7. The number of hydrogen-bond acceptors (Lipinski definition) is 7. The monoisotopic (exact) mass is 501 g/mol. The second-order valence-electron chi connectivity index (χ2n) is 8.07. The summed E-state index contributed by atoms with van der Waals surface area (Å²) in [4.78, 5) is 12.0.